The van der Waals surface area contributed by atoms with Crippen molar-refractivity contribution in [2.24, 2.45) is 5.41 Å². The van der Waals surface area contributed by atoms with Gasteiger partial charge in [0.15, 0.2) is 0 Å². The van der Waals surface area contributed by atoms with Gasteiger partial charge in [-0.2, -0.15) is 0 Å². The van der Waals surface area contributed by atoms with Crippen LogP contribution in [-0.4, -0.2) is 32.0 Å². The lowest BCUT2D eigenvalue weighted by Gasteiger charge is -2.24. The van der Waals surface area contributed by atoms with Gasteiger partial charge in [-0.25, -0.2) is 4.68 Å². The zero-order valence-corrected chi connectivity index (χ0v) is 10.3. The van der Waals surface area contributed by atoms with Crippen molar-refractivity contribution in [3.63, 3.8) is 0 Å². The molecule has 0 aliphatic carbocycles. The van der Waals surface area contributed by atoms with Gasteiger partial charge in [0.2, 0.25) is 5.78 Å². The third kappa shape index (κ3) is 2.66. The number of aliphatic hydroxyl groups is 1. The highest BCUT2D eigenvalue weighted by molar-refractivity contribution is 5.98. The van der Waals surface area contributed by atoms with Crippen LogP contribution in [0.5, 0.6) is 0 Å². The van der Waals surface area contributed by atoms with Gasteiger partial charge in [0, 0.05) is 6.54 Å². The van der Waals surface area contributed by atoms with E-state index < -0.39 is 11.5 Å². The molecule has 0 saturated heterocycles. The summed E-state index contributed by atoms with van der Waals surface area (Å²) in [5.41, 5.74) is -0.0949. The molecule has 1 heterocycles. The van der Waals surface area contributed by atoms with Crippen LogP contribution in [0, 0.1) is 5.41 Å². The van der Waals surface area contributed by atoms with E-state index in [1.165, 1.54) is 10.9 Å². The maximum atomic E-state index is 12.0. The average Bonchev–Trinajstić information content (AvgIpc) is 2.63. The van der Waals surface area contributed by atoms with Crippen LogP contribution < -0.4 is 0 Å². The Labute approximate surface area is 95.5 Å². The summed E-state index contributed by atoms with van der Waals surface area (Å²) in [5, 5.41) is 17.4. The summed E-state index contributed by atoms with van der Waals surface area (Å²) in [6.45, 7) is 8.10. The zero-order chi connectivity index (χ0) is 12.3. The summed E-state index contributed by atoms with van der Waals surface area (Å²) >= 11 is 0. The molecule has 0 fully saturated rings. The van der Waals surface area contributed by atoms with Crippen molar-refractivity contribution in [3.05, 3.63) is 11.9 Å². The van der Waals surface area contributed by atoms with E-state index >= 15 is 0 Å². The molecule has 1 atom stereocenters. The molecule has 5 nitrogen and oxygen atoms in total. The van der Waals surface area contributed by atoms with Gasteiger partial charge in [-0.15, -0.1) is 5.10 Å². The summed E-state index contributed by atoms with van der Waals surface area (Å²) in [6.07, 6.45) is 1.25. The standard InChI is InChI=1S/C11H19N3O2/c1-5-6-14-8(7-12-13-14)9(15)10(16)11(2,3)4/h7,10,16H,5-6H2,1-4H3. The first-order valence-corrected chi connectivity index (χ1v) is 5.48. The fraction of sp³-hybridized carbons (Fsp3) is 0.727. The van der Waals surface area contributed by atoms with E-state index in [1.54, 1.807) is 0 Å². The van der Waals surface area contributed by atoms with Crippen molar-refractivity contribution >= 4 is 5.78 Å². The Morgan fingerprint density at radius 1 is 1.56 bits per heavy atom. The second-order valence-corrected chi connectivity index (χ2v) is 4.98. The number of ketones is 1. The average molecular weight is 225 g/mol. The van der Waals surface area contributed by atoms with Gasteiger partial charge >= 0.3 is 0 Å². The molecule has 0 aliphatic rings. The van der Waals surface area contributed by atoms with Crippen molar-refractivity contribution in [3.8, 4) is 0 Å². The molecule has 0 bridgehead atoms. The highest BCUT2D eigenvalue weighted by Gasteiger charge is 2.31. The van der Waals surface area contributed by atoms with Gasteiger partial charge in [0.1, 0.15) is 11.8 Å². The van der Waals surface area contributed by atoms with Gasteiger partial charge in [-0.3, -0.25) is 4.79 Å². The van der Waals surface area contributed by atoms with Crippen LogP contribution in [0.1, 0.15) is 44.6 Å². The molecule has 0 radical (unpaired) electrons. The Bertz CT molecular complexity index is 366. The SMILES string of the molecule is CCCn1nncc1C(=O)C(O)C(C)(C)C. The minimum atomic E-state index is -1.03. The molecule has 5 heteroatoms. The fourth-order valence-electron chi connectivity index (χ4n) is 1.36. The van der Waals surface area contributed by atoms with Crippen LogP contribution in [0.25, 0.3) is 0 Å². The molecule has 0 aliphatic heterocycles. The van der Waals surface area contributed by atoms with Crippen LogP contribution in [0.15, 0.2) is 6.20 Å². The van der Waals surface area contributed by atoms with Gasteiger partial charge < -0.3 is 5.11 Å². The smallest absolute Gasteiger partial charge is 0.211 e. The normalized spacial score (nSPS) is 13.8. The van der Waals surface area contributed by atoms with Crippen LogP contribution >= 0.6 is 0 Å². The third-order valence-electron chi connectivity index (χ3n) is 2.37. The number of Topliss-reactive ketones (excluding diaryl/α,β-unsaturated/α-hetero) is 1. The minimum Gasteiger partial charge on any atom is -0.384 e. The predicted molar refractivity (Wildman–Crippen MR) is 60.1 cm³/mol. The van der Waals surface area contributed by atoms with Crippen LogP contribution in [0.3, 0.4) is 0 Å². The lowest BCUT2D eigenvalue weighted by Crippen LogP contribution is -2.35. The Morgan fingerprint density at radius 2 is 2.19 bits per heavy atom. The first kappa shape index (κ1) is 12.8. The van der Waals surface area contributed by atoms with Gasteiger partial charge in [-0.05, 0) is 11.8 Å². The second-order valence-electron chi connectivity index (χ2n) is 4.98. The number of hydrogen-bond acceptors (Lipinski definition) is 4. The first-order valence-electron chi connectivity index (χ1n) is 5.48. The van der Waals surface area contributed by atoms with E-state index in [0.29, 0.717) is 12.2 Å². The number of hydrogen-bond donors (Lipinski definition) is 1. The summed E-state index contributed by atoms with van der Waals surface area (Å²) < 4.78 is 1.54. The molecule has 1 unspecified atom stereocenters. The van der Waals surface area contributed by atoms with E-state index in [1.807, 2.05) is 27.7 Å². The summed E-state index contributed by atoms with van der Waals surface area (Å²) in [7, 11) is 0. The third-order valence-corrected chi connectivity index (χ3v) is 2.37. The molecule has 0 saturated carbocycles. The maximum absolute atomic E-state index is 12.0. The first-order chi connectivity index (χ1) is 7.38. The number of nitrogens with zero attached hydrogens (tertiary/aromatic N) is 3. The molecule has 16 heavy (non-hydrogen) atoms. The van der Waals surface area contributed by atoms with Gasteiger partial charge in [0.05, 0.1) is 6.20 Å². The number of carbonyl (C=O) groups excluding carboxylic acids is 1. The molecule has 90 valence electrons. The van der Waals surface area contributed by atoms with E-state index in [4.69, 9.17) is 0 Å². The second kappa shape index (κ2) is 4.74. The van der Waals surface area contributed by atoms with Crippen molar-refractivity contribution in [1.82, 2.24) is 15.0 Å². The monoisotopic (exact) mass is 225 g/mol. The molecule has 1 N–H and O–H groups in total. The van der Waals surface area contributed by atoms with Crippen molar-refractivity contribution in [1.29, 1.82) is 0 Å². The van der Waals surface area contributed by atoms with E-state index in [0.717, 1.165) is 6.42 Å². The lowest BCUT2D eigenvalue weighted by molar-refractivity contribution is 0.0432. The topological polar surface area (TPSA) is 68.0 Å². The predicted octanol–water partition coefficient (Wildman–Crippen LogP) is 1.28. The number of aliphatic hydroxyl groups excluding tert-OH is 1. The summed E-state index contributed by atoms with van der Waals surface area (Å²) in [4.78, 5) is 12.0. The maximum Gasteiger partial charge on any atom is 0.211 e. The van der Waals surface area contributed by atoms with Crippen molar-refractivity contribution < 1.29 is 9.90 Å². The minimum absolute atomic E-state index is 0.314. The molecule has 1 aromatic heterocycles. The number of aromatic nitrogens is 3. The van der Waals surface area contributed by atoms with Gasteiger partial charge in [-0.1, -0.05) is 32.9 Å². The highest BCUT2D eigenvalue weighted by Crippen LogP contribution is 2.22. The van der Waals surface area contributed by atoms with Crippen LogP contribution in [-0.2, 0) is 6.54 Å². The Kier molecular flexibility index (Phi) is 3.80. The molecular formula is C11H19N3O2. The highest BCUT2D eigenvalue weighted by atomic mass is 16.3. The Balaban J connectivity index is 2.92. The molecular weight excluding hydrogens is 206 g/mol. The fourth-order valence-corrected chi connectivity index (χ4v) is 1.36. The lowest BCUT2D eigenvalue weighted by atomic mass is 9.86. The molecule has 0 amide bonds. The van der Waals surface area contributed by atoms with Gasteiger partial charge in [0.25, 0.3) is 0 Å². The number of carbonyl (C=O) groups is 1. The summed E-state index contributed by atoms with van der Waals surface area (Å²) in [6, 6.07) is 0. The van der Waals surface area contributed by atoms with E-state index in [-0.39, 0.29) is 5.78 Å². The molecule has 0 aromatic carbocycles. The van der Waals surface area contributed by atoms with Crippen molar-refractivity contribution in [2.45, 2.75) is 46.8 Å². The van der Waals surface area contributed by atoms with E-state index in [2.05, 4.69) is 10.3 Å². The Morgan fingerprint density at radius 3 is 2.69 bits per heavy atom. The van der Waals surface area contributed by atoms with E-state index in [9.17, 15) is 9.90 Å². The van der Waals surface area contributed by atoms with Crippen molar-refractivity contribution in [2.75, 3.05) is 0 Å². The summed E-state index contributed by atoms with van der Waals surface area (Å²) in [5.74, 6) is -0.314. The Hall–Kier alpha value is -1.23. The largest absolute Gasteiger partial charge is 0.384 e. The molecule has 1 rings (SSSR count). The number of aryl methyl sites for hydroxylation is 1. The number of rotatable bonds is 4. The molecule has 0 spiro atoms. The van der Waals surface area contributed by atoms with Crippen LogP contribution in [0.2, 0.25) is 0 Å². The quantitative estimate of drug-likeness (QED) is 0.784. The zero-order valence-electron chi connectivity index (χ0n) is 10.3. The van der Waals surface area contributed by atoms with Crippen LogP contribution in [0.4, 0.5) is 0 Å². The molecule has 1 aromatic rings.